The molecule has 3 amide bonds. The number of carbonyl (C=O) groups excluding carboxylic acids is 3. The average Bonchev–Trinajstić information content (AvgIpc) is 2.65. The van der Waals surface area contributed by atoms with Gasteiger partial charge in [-0.05, 0) is 18.8 Å². The highest BCUT2D eigenvalue weighted by molar-refractivity contribution is 5.94. The number of hydrogen-bond donors (Lipinski definition) is 7. The van der Waals surface area contributed by atoms with Crippen molar-refractivity contribution in [1.29, 1.82) is 0 Å². The summed E-state index contributed by atoms with van der Waals surface area (Å²) in [5, 5.41) is 34.7. The van der Waals surface area contributed by atoms with Crippen LogP contribution in [0.1, 0.15) is 41.0 Å². The molecule has 0 heterocycles. The van der Waals surface area contributed by atoms with Crippen molar-refractivity contribution in [3.05, 3.63) is 0 Å². The highest BCUT2D eigenvalue weighted by Gasteiger charge is 2.34. The largest absolute Gasteiger partial charge is 0.480 e. The third-order valence-corrected chi connectivity index (χ3v) is 4.66. The monoisotopic (exact) mass is 418 g/mol. The van der Waals surface area contributed by atoms with Gasteiger partial charge in [0, 0.05) is 0 Å². The Labute approximate surface area is 170 Å². The fraction of sp³-hybridized carbons (Fsp3) is 0.778. The van der Waals surface area contributed by atoms with Crippen molar-refractivity contribution in [3.63, 3.8) is 0 Å². The van der Waals surface area contributed by atoms with Gasteiger partial charge in [0.15, 0.2) is 0 Å². The zero-order valence-corrected chi connectivity index (χ0v) is 17.5. The van der Waals surface area contributed by atoms with Gasteiger partial charge in [-0.1, -0.05) is 34.1 Å². The molecule has 6 unspecified atom stereocenters. The van der Waals surface area contributed by atoms with Gasteiger partial charge in [0.1, 0.15) is 24.2 Å². The first-order chi connectivity index (χ1) is 13.4. The standard InChI is InChI=1S/C18H34N4O7/c1-6-9(4)14(17(27)20-11(7-23)18(28)29)22-16(26)13(8(2)3)21-15(25)12(19)10(5)24/h8-14,23-24H,6-7,19H2,1-5H3,(H,20,27)(H,21,25)(H,22,26)(H,28,29). The van der Waals surface area contributed by atoms with Gasteiger partial charge in [0.2, 0.25) is 17.7 Å². The minimum atomic E-state index is -1.50. The Bertz CT molecular complexity index is 583. The number of nitrogens with two attached hydrogens (primary N) is 1. The van der Waals surface area contributed by atoms with Crippen molar-refractivity contribution in [1.82, 2.24) is 16.0 Å². The number of carboxylic acid groups (broad SMARTS) is 1. The van der Waals surface area contributed by atoms with Gasteiger partial charge in [0.05, 0.1) is 12.7 Å². The van der Waals surface area contributed by atoms with Crippen molar-refractivity contribution in [2.45, 2.75) is 71.3 Å². The molecule has 8 N–H and O–H groups in total. The normalized spacial score (nSPS) is 17.4. The van der Waals surface area contributed by atoms with Crippen molar-refractivity contribution >= 4 is 23.7 Å². The summed E-state index contributed by atoms with van der Waals surface area (Å²) in [7, 11) is 0. The highest BCUT2D eigenvalue weighted by atomic mass is 16.4. The van der Waals surface area contributed by atoms with E-state index in [-0.39, 0.29) is 11.8 Å². The number of aliphatic hydroxyl groups excluding tert-OH is 2. The maximum absolute atomic E-state index is 12.8. The quantitative estimate of drug-likeness (QED) is 0.188. The molecule has 0 radical (unpaired) electrons. The second-order valence-electron chi connectivity index (χ2n) is 7.45. The molecular formula is C18H34N4O7. The van der Waals surface area contributed by atoms with Gasteiger partial charge in [-0.25, -0.2) is 4.79 Å². The number of hydrogen-bond acceptors (Lipinski definition) is 7. The lowest BCUT2D eigenvalue weighted by Crippen LogP contribution is -2.60. The van der Waals surface area contributed by atoms with Crippen LogP contribution in [-0.2, 0) is 19.2 Å². The second-order valence-corrected chi connectivity index (χ2v) is 7.45. The predicted octanol–water partition coefficient (Wildman–Crippen LogP) is -2.07. The first kappa shape index (κ1) is 26.8. The van der Waals surface area contributed by atoms with Crippen LogP contribution in [-0.4, -0.2) is 75.9 Å². The molecule has 0 saturated carbocycles. The van der Waals surface area contributed by atoms with Gasteiger partial charge >= 0.3 is 5.97 Å². The fourth-order valence-electron chi connectivity index (χ4n) is 2.40. The molecule has 0 spiro atoms. The lowest BCUT2D eigenvalue weighted by molar-refractivity contribution is -0.143. The fourth-order valence-corrected chi connectivity index (χ4v) is 2.40. The van der Waals surface area contributed by atoms with E-state index < -0.39 is 60.6 Å². The molecule has 0 aromatic heterocycles. The third-order valence-electron chi connectivity index (χ3n) is 4.66. The van der Waals surface area contributed by atoms with Gasteiger partial charge in [-0.15, -0.1) is 0 Å². The molecule has 0 rings (SSSR count). The Morgan fingerprint density at radius 2 is 1.38 bits per heavy atom. The lowest BCUT2D eigenvalue weighted by atomic mass is 9.96. The number of carboxylic acids is 1. The van der Waals surface area contributed by atoms with Gasteiger partial charge < -0.3 is 37.0 Å². The van der Waals surface area contributed by atoms with E-state index in [0.29, 0.717) is 6.42 Å². The summed E-state index contributed by atoms with van der Waals surface area (Å²) >= 11 is 0. The molecule has 0 saturated heterocycles. The van der Waals surface area contributed by atoms with E-state index in [1.54, 1.807) is 27.7 Å². The molecule has 0 fully saturated rings. The van der Waals surface area contributed by atoms with Crippen LogP contribution in [0.3, 0.4) is 0 Å². The Morgan fingerprint density at radius 1 is 0.897 bits per heavy atom. The van der Waals surface area contributed by atoms with E-state index in [1.165, 1.54) is 6.92 Å². The van der Waals surface area contributed by atoms with Crippen molar-refractivity contribution in [2.24, 2.45) is 17.6 Å². The molecule has 0 bridgehead atoms. The molecule has 168 valence electrons. The number of amides is 3. The summed E-state index contributed by atoms with van der Waals surface area (Å²) in [4.78, 5) is 48.5. The van der Waals surface area contributed by atoms with Crippen LogP contribution in [0.5, 0.6) is 0 Å². The molecule has 11 nitrogen and oxygen atoms in total. The number of rotatable bonds is 12. The average molecular weight is 418 g/mol. The second kappa shape index (κ2) is 12.3. The summed E-state index contributed by atoms with van der Waals surface area (Å²) in [6, 6.07) is -4.83. The Hall–Kier alpha value is -2.24. The van der Waals surface area contributed by atoms with E-state index in [0.717, 1.165) is 0 Å². The SMILES string of the molecule is CCC(C)C(NC(=O)C(NC(=O)C(N)C(C)O)C(C)C)C(=O)NC(CO)C(=O)O. The topological polar surface area (TPSA) is 191 Å². The van der Waals surface area contributed by atoms with Crippen LogP contribution in [0, 0.1) is 11.8 Å². The van der Waals surface area contributed by atoms with Gasteiger partial charge in [-0.3, -0.25) is 14.4 Å². The van der Waals surface area contributed by atoms with Crippen molar-refractivity contribution in [3.8, 4) is 0 Å². The van der Waals surface area contributed by atoms with Crippen LogP contribution in [0.4, 0.5) is 0 Å². The molecule has 0 aliphatic rings. The number of aliphatic carboxylic acids is 1. The number of aliphatic hydroxyl groups is 2. The predicted molar refractivity (Wildman–Crippen MR) is 104 cm³/mol. The maximum Gasteiger partial charge on any atom is 0.328 e. The summed E-state index contributed by atoms with van der Waals surface area (Å²) in [5.74, 6) is -4.24. The first-order valence-corrected chi connectivity index (χ1v) is 9.55. The van der Waals surface area contributed by atoms with E-state index >= 15 is 0 Å². The van der Waals surface area contributed by atoms with Crippen LogP contribution < -0.4 is 21.7 Å². The maximum atomic E-state index is 12.8. The molecule has 6 atom stereocenters. The third kappa shape index (κ3) is 8.34. The Morgan fingerprint density at radius 3 is 1.76 bits per heavy atom. The van der Waals surface area contributed by atoms with E-state index in [2.05, 4.69) is 16.0 Å². The van der Waals surface area contributed by atoms with Crippen LogP contribution in [0.2, 0.25) is 0 Å². The minimum absolute atomic E-state index is 0.352. The van der Waals surface area contributed by atoms with Gasteiger partial charge in [-0.2, -0.15) is 0 Å². The van der Waals surface area contributed by atoms with E-state index in [9.17, 15) is 24.3 Å². The lowest BCUT2D eigenvalue weighted by Gasteiger charge is -2.29. The summed E-state index contributed by atoms with van der Waals surface area (Å²) < 4.78 is 0. The number of carbonyl (C=O) groups is 4. The van der Waals surface area contributed by atoms with E-state index in [4.69, 9.17) is 15.9 Å². The molecule has 0 aliphatic heterocycles. The van der Waals surface area contributed by atoms with Crippen molar-refractivity contribution in [2.75, 3.05) is 6.61 Å². The molecule has 0 aliphatic carbocycles. The molecule has 29 heavy (non-hydrogen) atoms. The van der Waals surface area contributed by atoms with Crippen molar-refractivity contribution < 1.29 is 34.5 Å². The first-order valence-electron chi connectivity index (χ1n) is 9.55. The Balaban J connectivity index is 5.42. The summed E-state index contributed by atoms with van der Waals surface area (Å²) in [5.41, 5.74) is 5.59. The molecule has 0 aromatic rings. The Kier molecular flexibility index (Phi) is 11.4. The highest BCUT2D eigenvalue weighted by Crippen LogP contribution is 2.11. The molecule has 0 aromatic carbocycles. The smallest absolute Gasteiger partial charge is 0.328 e. The van der Waals surface area contributed by atoms with Crippen LogP contribution in [0.25, 0.3) is 0 Å². The van der Waals surface area contributed by atoms with Crippen LogP contribution in [0.15, 0.2) is 0 Å². The van der Waals surface area contributed by atoms with E-state index in [1.807, 2.05) is 0 Å². The molecular weight excluding hydrogens is 384 g/mol. The minimum Gasteiger partial charge on any atom is -0.480 e. The zero-order chi connectivity index (χ0) is 22.9. The molecule has 11 heteroatoms. The van der Waals surface area contributed by atoms with Crippen LogP contribution >= 0.6 is 0 Å². The summed E-state index contributed by atoms with van der Waals surface area (Å²) in [6.45, 7) is 7.40. The zero-order valence-electron chi connectivity index (χ0n) is 17.5. The summed E-state index contributed by atoms with van der Waals surface area (Å²) in [6.07, 6.45) is -0.614. The van der Waals surface area contributed by atoms with Gasteiger partial charge in [0.25, 0.3) is 0 Å². The number of nitrogens with one attached hydrogen (secondary N) is 3.